The summed E-state index contributed by atoms with van der Waals surface area (Å²) in [5.74, 6) is 0. The molecular formula is C16H17F3O3S. The van der Waals surface area contributed by atoms with Gasteiger partial charge in [-0.3, -0.25) is 0 Å². The van der Waals surface area contributed by atoms with Crippen molar-refractivity contribution < 1.29 is 26.1 Å². The van der Waals surface area contributed by atoms with Crippen molar-refractivity contribution >= 4 is 10.1 Å². The van der Waals surface area contributed by atoms with E-state index in [1.165, 1.54) is 11.1 Å². The van der Waals surface area contributed by atoms with E-state index in [4.69, 9.17) is 13.0 Å². The minimum Gasteiger partial charge on any atom is -0.741 e. The first-order valence-electron chi connectivity index (χ1n) is 6.51. The second-order valence-corrected chi connectivity index (χ2v) is 5.42. The van der Waals surface area contributed by atoms with E-state index in [9.17, 15) is 13.2 Å². The second-order valence-electron chi connectivity index (χ2n) is 4.05. The van der Waals surface area contributed by atoms with Crippen molar-refractivity contribution in [2.24, 2.45) is 0 Å². The fourth-order valence-corrected chi connectivity index (χ4v) is 1.43. The molecule has 0 aliphatic rings. The van der Waals surface area contributed by atoms with Crippen LogP contribution in [0.15, 0.2) is 60.7 Å². The normalized spacial score (nSPS) is 10.7. The Bertz CT molecular complexity index is 602. The Balaban J connectivity index is 0.000000421. The number of hydrogen-bond acceptors (Lipinski definition) is 3. The van der Waals surface area contributed by atoms with Crippen molar-refractivity contribution in [3.05, 3.63) is 78.7 Å². The van der Waals surface area contributed by atoms with E-state index in [1.54, 1.807) is 6.92 Å². The van der Waals surface area contributed by atoms with Crippen LogP contribution in [0.1, 0.15) is 18.1 Å². The van der Waals surface area contributed by atoms with E-state index >= 15 is 0 Å². The summed E-state index contributed by atoms with van der Waals surface area (Å²) in [4.78, 5) is 0. The van der Waals surface area contributed by atoms with Crippen LogP contribution in [0.3, 0.4) is 0 Å². The molecule has 0 heterocycles. The van der Waals surface area contributed by atoms with Gasteiger partial charge in [0, 0.05) is 0 Å². The monoisotopic (exact) mass is 346 g/mol. The molecule has 0 fully saturated rings. The Hall–Kier alpha value is -1.99. The average Bonchev–Trinajstić information content (AvgIpc) is 2.50. The fraction of sp³-hybridized carbons (Fsp3) is 0.188. The van der Waals surface area contributed by atoms with Gasteiger partial charge < -0.3 is 4.55 Å². The van der Waals surface area contributed by atoms with Gasteiger partial charge in [0.25, 0.3) is 0 Å². The summed E-state index contributed by atoms with van der Waals surface area (Å²) in [6, 6.07) is 21.1. The molecule has 0 saturated carbocycles. The van der Waals surface area contributed by atoms with E-state index in [0.717, 1.165) is 6.42 Å². The van der Waals surface area contributed by atoms with Crippen LogP contribution in [0.25, 0.3) is 0 Å². The first kappa shape index (κ1) is 21.0. The third-order valence-electron chi connectivity index (χ3n) is 2.38. The van der Waals surface area contributed by atoms with Crippen molar-refractivity contribution in [3.63, 3.8) is 0 Å². The van der Waals surface area contributed by atoms with Crippen LogP contribution in [0, 0.1) is 6.92 Å². The Labute approximate surface area is 134 Å². The quantitative estimate of drug-likeness (QED) is 0.466. The third-order valence-corrected chi connectivity index (χ3v) is 2.94. The summed E-state index contributed by atoms with van der Waals surface area (Å²) >= 11 is 0. The molecule has 0 radical (unpaired) electrons. The highest BCUT2D eigenvalue weighted by molar-refractivity contribution is 7.86. The standard InChI is InChI=1S/C13H12.C2H5.CHF3O3S/c1-3-7-12(8-4-1)11-13-9-5-2-6-10-13;1-2;2-1(3,4)8(5,6)7/h1-10H,11H2;1H2,2H3;(H,5,6,7)/q;+1;/p-1. The number of hydrogen-bond donors (Lipinski definition) is 0. The van der Waals surface area contributed by atoms with Crippen LogP contribution < -0.4 is 0 Å². The maximum Gasteiger partial charge on any atom is 0.485 e. The van der Waals surface area contributed by atoms with Gasteiger partial charge in [-0.2, -0.15) is 13.2 Å². The van der Waals surface area contributed by atoms with Crippen molar-refractivity contribution in [3.8, 4) is 0 Å². The average molecular weight is 346 g/mol. The molecule has 0 aliphatic carbocycles. The SMILES string of the molecule is O=S(=O)([O-])C(F)(F)F.[CH2+]C.c1ccc(Cc2ccccc2)cc1. The van der Waals surface area contributed by atoms with E-state index < -0.39 is 15.6 Å². The predicted molar refractivity (Wildman–Crippen MR) is 82.5 cm³/mol. The van der Waals surface area contributed by atoms with Crippen molar-refractivity contribution in [1.82, 2.24) is 0 Å². The first-order valence-corrected chi connectivity index (χ1v) is 7.91. The Morgan fingerprint density at radius 3 is 1.35 bits per heavy atom. The Morgan fingerprint density at radius 2 is 1.13 bits per heavy atom. The minimum absolute atomic E-state index is 1.03. The zero-order valence-corrected chi connectivity index (χ0v) is 13.3. The van der Waals surface area contributed by atoms with Crippen LogP contribution in [-0.2, 0) is 16.5 Å². The van der Waals surface area contributed by atoms with Gasteiger partial charge in [-0.25, -0.2) is 8.42 Å². The molecule has 0 unspecified atom stereocenters. The Kier molecular flexibility index (Phi) is 9.05. The summed E-state index contributed by atoms with van der Waals surface area (Å²) in [5.41, 5.74) is -2.91. The van der Waals surface area contributed by atoms with Gasteiger partial charge in [0.05, 0.1) is 13.8 Å². The molecule has 0 amide bonds. The summed E-state index contributed by atoms with van der Waals surface area (Å²) in [6.07, 6.45) is 1.03. The van der Waals surface area contributed by atoms with Crippen LogP contribution in [0.4, 0.5) is 13.2 Å². The van der Waals surface area contributed by atoms with Crippen molar-refractivity contribution in [2.75, 3.05) is 0 Å². The molecule has 0 bridgehead atoms. The van der Waals surface area contributed by atoms with E-state index in [-0.39, 0.29) is 0 Å². The molecule has 0 N–H and O–H groups in total. The lowest BCUT2D eigenvalue weighted by atomic mass is 10.1. The molecule has 126 valence electrons. The molecule has 3 nitrogen and oxygen atoms in total. The largest absolute Gasteiger partial charge is 0.741 e. The molecular weight excluding hydrogens is 329 g/mol. The maximum atomic E-state index is 10.7. The Morgan fingerprint density at radius 1 is 0.870 bits per heavy atom. The van der Waals surface area contributed by atoms with Crippen LogP contribution in [0.2, 0.25) is 0 Å². The highest BCUT2D eigenvalue weighted by Crippen LogP contribution is 2.20. The lowest BCUT2D eigenvalue weighted by molar-refractivity contribution is -0.0517. The van der Waals surface area contributed by atoms with Gasteiger partial charge in [-0.1, -0.05) is 60.7 Å². The third kappa shape index (κ3) is 8.90. The van der Waals surface area contributed by atoms with Gasteiger partial charge in [0.1, 0.15) is 0 Å². The van der Waals surface area contributed by atoms with Crippen LogP contribution >= 0.6 is 0 Å². The van der Waals surface area contributed by atoms with Gasteiger partial charge in [-0.15, -0.1) is 0 Å². The number of benzene rings is 2. The summed E-state index contributed by atoms with van der Waals surface area (Å²) in [5, 5.41) is 0. The van der Waals surface area contributed by atoms with Gasteiger partial charge in [-0.05, 0) is 17.5 Å². The lowest BCUT2D eigenvalue weighted by Gasteiger charge is -2.08. The minimum atomic E-state index is -6.09. The fourth-order valence-electron chi connectivity index (χ4n) is 1.43. The zero-order valence-electron chi connectivity index (χ0n) is 12.5. The molecule has 7 heteroatoms. The van der Waals surface area contributed by atoms with Crippen LogP contribution in [-0.4, -0.2) is 18.5 Å². The molecule has 0 atom stereocenters. The molecule has 2 aromatic rings. The molecule has 2 rings (SSSR count). The molecule has 0 aromatic heterocycles. The zero-order chi connectivity index (χ0) is 17.9. The molecule has 2 aromatic carbocycles. The van der Waals surface area contributed by atoms with Gasteiger partial charge >= 0.3 is 5.51 Å². The summed E-state index contributed by atoms with van der Waals surface area (Å²) in [7, 11) is -6.09. The summed E-state index contributed by atoms with van der Waals surface area (Å²) < 4.78 is 58.9. The van der Waals surface area contributed by atoms with Gasteiger partial charge in [0.15, 0.2) is 10.1 Å². The first-order chi connectivity index (χ1) is 10.7. The molecule has 0 saturated heterocycles. The van der Waals surface area contributed by atoms with Crippen molar-refractivity contribution in [1.29, 1.82) is 0 Å². The lowest BCUT2D eigenvalue weighted by Crippen LogP contribution is -2.21. The highest BCUT2D eigenvalue weighted by Gasteiger charge is 2.36. The van der Waals surface area contributed by atoms with Crippen molar-refractivity contribution in [2.45, 2.75) is 18.9 Å². The number of rotatable bonds is 2. The van der Waals surface area contributed by atoms with Gasteiger partial charge in [0.2, 0.25) is 0 Å². The van der Waals surface area contributed by atoms with E-state index in [1.807, 2.05) is 0 Å². The number of halogens is 3. The van der Waals surface area contributed by atoms with Crippen LogP contribution in [0.5, 0.6) is 0 Å². The molecule has 0 aliphatic heterocycles. The second kappa shape index (κ2) is 9.91. The predicted octanol–water partition coefficient (Wildman–Crippen LogP) is 4.17. The topological polar surface area (TPSA) is 57.2 Å². The smallest absolute Gasteiger partial charge is 0.485 e. The maximum absolute atomic E-state index is 10.7. The van der Waals surface area contributed by atoms with E-state index in [2.05, 4.69) is 67.6 Å². The summed E-state index contributed by atoms with van der Waals surface area (Å²) in [6.45, 7) is 5.00. The van der Waals surface area contributed by atoms with E-state index in [0.29, 0.717) is 0 Å². The molecule has 23 heavy (non-hydrogen) atoms. The molecule has 0 spiro atoms. The highest BCUT2D eigenvalue weighted by atomic mass is 32.2. The number of alkyl halides is 3.